The molecule has 0 radical (unpaired) electrons. The molecule has 2 N–H and O–H groups in total. The molecule has 19 heavy (non-hydrogen) atoms. The first-order valence-electron chi connectivity index (χ1n) is 6.87. The second-order valence-electron chi connectivity index (χ2n) is 5.27. The predicted octanol–water partition coefficient (Wildman–Crippen LogP) is 4.59. The van der Waals surface area contributed by atoms with Crippen molar-refractivity contribution in [3.8, 4) is 0 Å². The molecule has 106 valence electrons. The summed E-state index contributed by atoms with van der Waals surface area (Å²) in [4.78, 5) is 0. The van der Waals surface area contributed by atoms with E-state index in [0.29, 0.717) is 16.0 Å². The normalized spacial score (nSPS) is 20.2. The van der Waals surface area contributed by atoms with Gasteiger partial charge in [-0.25, -0.2) is 0 Å². The fourth-order valence-electron chi connectivity index (χ4n) is 3.05. The van der Waals surface area contributed by atoms with Crippen molar-refractivity contribution >= 4 is 23.2 Å². The highest BCUT2D eigenvalue weighted by Gasteiger charge is 2.30. The van der Waals surface area contributed by atoms with E-state index in [1.165, 1.54) is 32.1 Å². The van der Waals surface area contributed by atoms with E-state index in [0.717, 1.165) is 5.56 Å². The van der Waals surface area contributed by atoms with Gasteiger partial charge in [0.05, 0.1) is 22.2 Å². The predicted molar refractivity (Wildman–Crippen MR) is 80.8 cm³/mol. The number of ether oxygens (including phenoxy) is 1. The van der Waals surface area contributed by atoms with Gasteiger partial charge in [0.2, 0.25) is 0 Å². The van der Waals surface area contributed by atoms with Crippen LogP contribution in [0.3, 0.4) is 0 Å². The van der Waals surface area contributed by atoms with Crippen molar-refractivity contribution < 1.29 is 4.74 Å². The van der Waals surface area contributed by atoms with Gasteiger partial charge < -0.3 is 10.5 Å². The Labute approximate surface area is 125 Å². The maximum Gasteiger partial charge on any atom is 0.0792 e. The Balaban J connectivity index is 2.19. The Hall–Kier alpha value is -0.280. The lowest BCUT2D eigenvalue weighted by atomic mass is 9.81. The Bertz CT molecular complexity index is 419. The van der Waals surface area contributed by atoms with Crippen molar-refractivity contribution in [2.45, 2.75) is 44.2 Å². The lowest BCUT2D eigenvalue weighted by Gasteiger charge is -2.33. The zero-order valence-corrected chi connectivity index (χ0v) is 12.8. The molecule has 2 atom stereocenters. The standard InChI is InChI=1S/C15H21Cl2NO/c1-19-15(10-6-3-2-4-7-10)14(18)11-8-5-9-12(16)13(11)17/h5,8-10,14-15H,2-4,6-7,18H2,1H3. The van der Waals surface area contributed by atoms with Gasteiger partial charge in [0.15, 0.2) is 0 Å². The molecule has 0 aromatic heterocycles. The second-order valence-corrected chi connectivity index (χ2v) is 6.05. The van der Waals surface area contributed by atoms with Gasteiger partial charge in [-0.1, -0.05) is 54.6 Å². The lowest BCUT2D eigenvalue weighted by molar-refractivity contribution is 0.0173. The first-order chi connectivity index (χ1) is 9.15. The molecule has 1 fully saturated rings. The summed E-state index contributed by atoms with van der Waals surface area (Å²) in [5, 5.41) is 1.10. The Morgan fingerprint density at radius 2 is 1.89 bits per heavy atom. The van der Waals surface area contributed by atoms with Crippen LogP contribution in [0.25, 0.3) is 0 Å². The molecule has 0 heterocycles. The summed E-state index contributed by atoms with van der Waals surface area (Å²) in [6.07, 6.45) is 6.23. The molecule has 0 bridgehead atoms. The first-order valence-corrected chi connectivity index (χ1v) is 7.63. The van der Waals surface area contributed by atoms with Crippen molar-refractivity contribution in [3.05, 3.63) is 33.8 Å². The lowest BCUT2D eigenvalue weighted by Crippen LogP contribution is -2.36. The van der Waals surface area contributed by atoms with Crippen LogP contribution in [0, 0.1) is 5.92 Å². The highest BCUT2D eigenvalue weighted by Crippen LogP contribution is 2.36. The molecule has 1 aliphatic rings. The van der Waals surface area contributed by atoms with Gasteiger partial charge in [0, 0.05) is 7.11 Å². The number of nitrogens with two attached hydrogens (primary N) is 1. The van der Waals surface area contributed by atoms with Gasteiger partial charge in [-0.15, -0.1) is 0 Å². The molecule has 1 saturated carbocycles. The molecule has 2 rings (SSSR count). The third kappa shape index (κ3) is 3.43. The summed E-state index contributed by atoms with van der Waals surface area (Å²) in [7, 11) is 1.73. The van der Waals surface area contributed by atoms with E-state index in [1.807, 2.05) is 12.1 Å². The molecular formula is C15H21Cl2NO. The van der Waals surface area contributed by atoms with Gasteiger partial charge in [0.25, 0.3) is 0 Å². The number of methoxy groups -OCH3 is 1. The van der Waals surface area contributed by atoms with E-state index < -0.39 is 0 Å². The second kappa shape index (κ2) is 6.94. The molecule has 4 heteroatoms. The summed E-state index contributed by atoms with van der Waals surface area (Å²) in [6.45, 7) is 0. The number of benzene rings is 1. The van der Waals surface area contributed by atoms with Crippen molar-refractivity contribution in [2.24, 2.45) is 11.7 Å². The number of hydrogen-bond donors (Lipinski definition) is 1. The van der Waals surface area contributed by atoms with Crippen molar-refractivity contribution in [1.82, 2.24) is 0 Å². The third-order valence-electron chi connectivity index (χ3n) is 4.08. The fourth-order valence-corrected chi connectivity index (χ4v) is 3.48. The van der Waals surface area contributed by atoms with Crippen molar-refractivity contribution in [1.29, 1.82) is 0 Å². The molecule has 0 amide bonds. The van der Waals surface area contributed by atoms with Crippen LogP contribution in [0.4, 0.5) is 0 Å². The van der Waals surface area contributed by atoms with Gasteiger partial charge in [-0.3, -0.25) is 0 Å². The Morgan fingerprint density at radius 1 is 1.21 bits per heavy atom. The van der Waals surface area contributed by atoms with Crippen LogP contribution in [0.1, 0.15) is 43.7 Å². The summed E-state index contributed by atoms with van der Waals surface area (Å²) < 4.78 is 5.67. The van der Waals surface area contributed by atoms with Crippen LogP contribution < -0.4 is 5.73 Å². The zero-order valence-electron chi connectivity index (χ0n) is 11.2. The Kier molecular flexibility index (Phi) is 5.52. The van der Waals surface area contributed by atoms with Crippen LogP contribution in [0.2, 0.25) is 10.0 Å². The summed E-state index contributed by atoms with van der Waals surface area (Å²) >= 11 is 12.3. The van der Waals surface area contributed by atoms with E-state index in [9.17, 15) is 0 Å². The average Bonchev–Trinajstić information content (AvgIpc) is 2.44. The van der Waals surface area contributed by atoms with Crippen LogP contribution in [-0.4, -0.2) is 13.2 Å². The molecule has 1 aromatic rings. The van der Waals surface area contributed by atoms with Gasteiger partial charge in [-0.2, -0.15) is 0 Å². The van der Waals surface area contributed by atoms with Gasteiger partial charge in [-0.05, 0) is 30.4 Å². The van der Waals surface area contributed by atoms with Crippen LogP contribution in [0.15, 0.2) is 18.2 Å². The van der Waals surface area contributed by atoms with E-state index in [4.69, 9.17) is 33.7 Å². The van der Waals surface area contributed by atoms with E-state index in [-0.39, 0.29) is 12.1 Å². The molecular weight excluding hydrogens is 281 g/mol. The SMILES string of the molecule is COC(C1CCCCC1)C(N)c1cccc(Cl)c1Cl. The largest absolute Gasteiger partial charge is 0.379 e. The minimum Gasteiger partial charge on any atom is -0.379 e. The molecule has 0 spiro atoms. The Morgan fingerprint density at radius 3 is 2.53 bits per heavy atom. The van der Waals surface area contributed by atoms with Gasteiger partial charge >= 0.3 is 0 Å². The number of hydrogen-bond acceptors (Lipinski definition) is 2. The fraction of sp³-hybridized carbons (Fsp3) is 0.600. The average molecular weight is 302 g/mol. The monoisotopic (exact) mass is 301 g/mol. The molecule has 2 unspecified atom stereocenters. The summed E-state index contributed by atoms with van der Waals surface area (Å²) in [5.41, 5.74) is 7.26. The first kappa shape index (κ1) is 15.1. The quantitative estimate of drug-likeness (QED) is 0.883. The smallest absolute Gasteiger partial charge is 0.0792 e. The number of halogens is 2. The van der Waals surface area contributed by atoms with Gasteiger partial charge in [0.1, 0.15) is 0 Å². The third-order valence-corrected chi connectivity index (χ3v) is 4.91. The van der Waals surface area contributed by atoms with Crippen molar-refractivity contribution in [3.63, 3.8) is 0 Å². The van der Waals surface area contributed by atoms with E-state index in [2.05, 4.69) is 0 Å². The zero-order chi connectivity index (χ0) is 13.8. The molecule has 1 aliphatic carbocycles. The minimum atomic E-state index is -0.223. The van der Waals surface area contributed by atoms with Crippen LogP contribution in [-0.2, 0) is 4.74 Å². The highest BCUT2D eigenvalue weighted by molar-refractivity contribution is 6.42. The maximum atomic E-state index is 6.38. The molecule has 0 saturated heterocycles. The maximum absolute atomic E-state index is 6.38. The molecule has 2 nitrogen and oxygen atoms in total. The van der Waals surface area contributed by atoms with E-state index >= 15 is 0 Å². The number of rotatable bonds is 4. The summed E-state index contributed by atoms with van der Waals surface area (Å²) in [6, 6.07) is 5.38. The molecule has 0 aliphatic heterocycles. The molecule has 1 aromatic carbocycles. The van der Waals surface area contributed by atoms with E-state index in [1.54, 1.807) is 13.2 Å². The summed E-state index contributed by atoms with van der Waals surface area (Å²) in [5.74, 6) is 0.517. The minimum absolute atomic E-state index is 0.0104. The topological polar surface area (TPSA) is 35.2 Å². The highest BCUT2D eigenvalue weighted by atomic mass is 35.5. The van der Waals surface area contributed by atoms with Crippen LogP contribution in [0.5, 0.6) is 0 Å². The van der Waals surface area contributed by atoms with Crippen LogP contribution >= 0.6 is 23.2 Å². The van der Waals surface area contributed by atoms with Crippen molar-refractivity contribution in [2.75, 3.05) is 7.11 Å².